The molecule has 0 fully saturated rings. The second-order valence-electron chi connectivity index (χ2n) is 4.76. The van der Waals surface area contributed by atoms with Gasteiger partial charge in [-0.1, -0.05) is 6.92 Å². The Morgan fingerprint density at radius 2 is 0.947 bits per heavy atom. The Morgan fingerprint density at radius 3 is 1.11 bits per heavy atom. The standard InChI is InChI=1S/C11H26N2O6/c1-2-9(12-10(3-14,4-15)5-16)13-11(6-17,7-18)8-19/h9,12-19H,2-8H2,1H3. The zero-order valence-corrected chi connectivity index (χ0v) is 11.2. The molecule has 0 spiro atoms. The minimum absolute atomic E-state index is 0.476. The van der Waals surface area contributed by atoms with Crippen molar-refractivity contribution in [1.82, 2.24) is 10.6 Å². The third-order valence-electron chi connectivity index (χ3n) is 3.19. The average Bonchev–Trinajstić information content (AvgIpc) is 2.49. The van der Waals surface area contributed by atoms with Gasteiger partial charge in [0.25, 0.3) is 0 Å². The molecule has 0 aromatic heterocycles. The fourth-order valence-corrected chi connectivity index (χ4v) is 1.55. The molecular formula is C11H26N2O6. The fraction of sp³-hybridized carbons (Fsp3) is 1.00. The SMILES string of the molecule is CCC(NC(CO)(CO)CO)NC(CO)(CO)CO. The molecule has 0 heterocycles. The predicted molar refractivity (Wildman–Crippen MR) is 68.3 cm³/mol. The van der Waals surface area contributed by atoms with E-state index in [0.29, 0.717) is 6.42 Å². The van der Waals surface area contributed by atoms with Crippen molar-refractivity contribution >= 4 is 0 Å². The Labute approximate surface area is 112 Å². The molecule has 8 heteroatoms. The van der Waals surface area contributed by atoms with Gasteiger partial charge in [0.2, 0.25) is 0 Å². The maximum Gasteiger partial charge on any atom is 0.0893 e. The van der Waals surface area contributed by atoms with Crippen molar-refractivity contribution < 1.29 is 30.6 Å². The molecule has 0 amide bonds. The lowest BCUT2D eigenvalue weighted by atomic mass is 10.00. The van der Waals surface area contributed by atoms with Gasteiger partial charge in [-0.05, 0) is 6.42 Å². The van der Waals surface area contributed by atoms with E-state index in [0.717, 1.165) is 0 Å². The normalized spacial score (nSPS) is 13.3. The van der Waals surface area contributed by atoms with Crippen LogP contribution in [0.1, 0.15) is 13.3 Å². The Bertz CT molecular complexity index is 195. The number of rotatable bonds is 11. The van der Waals surface area contributed by atoms with Gasteiger partial charge in [0.15, 0.2) is 0 Å². The quantitative estimate of drug-likeness (QED) is 0.181. The molecule has 0 unspecified atom stereocenters. The van der Waals surface area contributed by atoms with E-state index in [-0.39, 0.29) is 0 Å². The molecule has 116 valence electrons. The Kier molecular flexibility index (Phi) is 8.62. The third kappa shape index (κ3) is 4.93. The first kappa shape index (κ1) is 18.7. The highest BCUT2D eigenvalue weighted by Gasteiger charge is 2.35. The molecule has 0 rings (SSSR count). The van der Waals surface area contributed by atoms with Crippen LogP contribution >= 0.6 is 0 Å². The monoisotopic (exact) mass is 282 g/mol. The Morgan fingerprint density at radius 1 is 0.684 bits per heavy atom. The van der Waals surface area contributed by atoms with Gasteiger partial charge in [0.05, 0.1) is 56.9 Å². The molecule has 0 radical (unpaired) electrons. The van der Waals surface area contributed by atoms with Crippen LogP contribution in [0, 0.1) is 0 Å². The minimum atomic E-state index is -1.28. The summed E-state index contributed by atoms with van der Waals surface area (Å²) in [6.45, 7) is -1.11. The van der Waals surface area contributed by atoms with Gasteiger partial charge in [-0.2, -0.15) is 0 Å². The van der Waals surface area contributed by atoms with Crippen LogP contribution in [0.4, 0.5) is 0 Å². The van der Waals surface area contributed by atoms with Crippen molar-refractivity contribution in [3.8, 4) is 0 Å². The molecular weight excluding hydrogens is 256 g/mol. The Hall–Kier alpha value is -0.320. The summed E-state index contributed by atoms with van der Waals surface area (Å²) >= 11 is 0. The summed E-state index contributed by atoms with van der Waals surface area (Å²) in [4.78, 5) is 0. The van der Waals surface area contributed by atoms with E-state index < -0.39 is 56.9 Å². The van der Waals surface area contributed by atoms with Gasteiger partial charge >= 0.3 is 0 Å². The highest BCUT2D eigenvalue weighted by molar-refractivity contribution is 4.93. The summed E-state index contributed by atoms with van der Waals surface area (Å²) in [6.07, 6.45) is -0.0540. The van der Waals surface area contributed by atoms with Crippen LogP contribution in [0.2, 0.25) is 0 Å². The highest BCUT2D eigenvalue weighted by Crippen LogP contribution is 2.09. The smallest absolute Gasteiger partial charge is 0.0893 e. The van der Waals surface area contributed by atoms with Gasteiger partial charge < -0.3 is 30.6 Å². The van der Waals surface area contributed by atoms with E-state index in [4.69, 9.17) is 0 Å². The molecule has 0 bridgehead atoms. The van der Waals surface area contributed by atoms with E-state index in [1.165, 1.54) is 0 Å². The topological polar surface area (TPSA) is 145 Å². The van der Waals surface area contributed by atoms with Crippen LogP contribution in [0.5, 0.6) is 0 Å². The van der Waals surface area contributed by atoms with Crippen molar-refractivity contribution in [3.63, 3.8) is 0 Å². The van der Waals surface area contributed by atoms with Crippen LogP contribution in [-0.2, 0) is 0 Å². The average molecular weight is 282 g/mol. The number of nitrogens with one attached hydrogen (secondary N) is 2. The van der Waals surface area contributed by atoms with Gasteiger partial charge in [-0.25, -0.2) is 0 Å². The molecule has 0 aliphatic heterocycles. The minimum Gasteiger partial charge on any atom is -0.394 e. The summed E-state index contributed by atoms with van der Waals surface area (Å²) in [6, 6.07) is 0. The van der Waals surface area contributed by atoms with E-state index >= 15 is 0 Å². The van der Waals surface area contributed by atoms with Crippen LogP contribution in [0.3, 0.4) is 0 Å². The molecule has 8 N–H and O–H groups in total. The highest BCUT2D eigenvalue weighted by atomic mass is 16.3. The summed E-state index contributed by atoms with van der Waals surface area (Å²) in [5.41, 5.74) is -2.56. The lowest BCUT2D eigenvalue weighted by Crippen LogP contribution is -2.67. The number of aliphatic hydroxyl groups is 6. The van der Waals surface area contributed by atoms with Gasteiger partial charge in [-0.15, -0.1) is 0 Å². The summed E-state index contributed by atoms with van der Waals surface area (Å²) in [7, 11) is 0. The maximum absolute atomic E-state index is 9.23. The number of hydrogen-bond acceptors (Lipinski definition) is 8. The maximum atomic E-state index is 9.23. The van der Waals surface area contributed by atoms with Crippen LogP contribution < -0.4 is 10.6 Å². The van der Waals surface area contributed by atoms with E-state index in [1.54, 1.807) is 6.92 Å². The predicted octanol–water partition coefficient (Wildman–Crippen LogP) is -3.67. The van der Waals surface area contributed by atoms with Crippen molar-refractivity contribution in [2.45, 2.75) is 30.6 Å². The van der Waals surface area contributed by atoms with E-state index in [2.05, 4.69) is 10.6 Å². The van der Waals surface area contributed by atoms with Crippen LogP contribution in [0.15, 0.2) is 0 Å². The van der Waals surface area contributed by atoms with Crippen LogP contribution in [0.25, 0.3) is 0 Å². The first-order valence-corrected chi connectivity index (χ1v) is 6.21. The van der Waals surface area contributed by atoms with Gasteiger partial charge in [-0.3, -0.25) is 10.6 Å². The molecule has 0 aliphatic carbocycles. The van der Waals surface area contributed by atoms with Gasteiger partial charge in [0.1, 0.15) is 0 Å². The third-order valence-corrected chi connectivity index (χ3v) is 3.19. The van der Waals surface area contributed by atoms with Gasteiger partial charge in [0, 0.05) is 0 Å². The van der Waals surface area contributed by atoms with Crippen molar-refractivity contribution in [2.75, 3.05) is 39.6 Å². The summed E-state index contributed by atoms with van der Waals surface area (Å²) < 4.78 is 0. The zero-order valence-electron chi connectivity index (χ0n) is 11.2. The summed E-state index contributed by atoms with van der Waals surface area (Å²) in [5, 5.41) is 61.1. The molecule has 8 nitrogen and oxygen atoms in total. The number of aliphatic hydroxyl groups excluding tert-OH is 6. The molecule has 0 saturated heterocycles. The lowest BCUT2D eigenvalue weighted by molar-refractivity contribution is 0.00214. The number of hydrogen-bond donors (Lipinski definition) is 8. The second-order valence-corrected chi connectivity index (χ2v) is 4.76. The zero-order chi connectivity index (χ0) is 14.9. The molecule has 19 heavy (non-hydrogen) atoms. The second kappa shape index (κ2) is 8.77. The molecule has 0 aromatic carbocycles. The first-order chi connectivity index (χ1) is 9.00. The molecule has 0 aliphatic rings. The molecule has 0 atom stereocenters. The summed E-state index contributed by atoms with van der Waals surface area (Å²) in [5.74, 6) is 0. The van der Waals surface area contributed by atoms with Crippen molar-refractivity contribution in [2.24, 2.45) is 0 Å². The molecule has 0 saturated carbocycles. The fourth-order valence-electron chi connectivity index (χ4n) is 1.55. The lowest BCUT2D eigenvalue weighted by Gasteiger charge is -2.39. The largest absolute Gasteiger partial charge is 0.394 e. The van der Waals surface area contributed by atoms with Crippen molar-refractivity contribution in [3.05, 3.63) is 0 Å². The van der Waals surface area contributed by atoms with E-state index in [9.17, 15) is 30.6 Å². The Balaban J connectivity index is 4.83. The van der Waals surface area contributed by atoms with Crippen molar-refractivity contribution in [1.29, 1.82) is 0 Å². The van der Waals surface area contributed by atoms with Crippen LogP contribution in [-0.4, -0.2) is 87.5 Å². The molecule has 0 aromatic rings. The first-order valence-electron chi connectivity index (χ1n) is 6.21. The van der Waals surface area contributed by atoms with E-state index in [1.807, 2.05) is 0 Å².